The summed E-state index contributed by atoms with van der Waals surface area (Å²) in [5.74, 6) is 0.296. The molecule has 1 saturated carbocycles. The van der Waals surface area contributed by atoms with Gasteiger partial charge in [-0.05, 0) is 39.5 Å². The van der Waals surface area contributed by atoms with Crippen molar-refractivity contribution in [1.29, 1.82) is 5.26 Å². The fraction of sp³-hybridized carbons (Fsp3) is 0.909. The molecule has 1 unspecified atom stereocenters. The molecule has 2 rings (SSSR count). The highest BCUT2D eigenvalue weighted by atomic mass is 15.2. The monoisotopic (exact) mass is 178 g/mol. The first-order valence-electron chi connectivity index (χ1n) is 5.30. The third-order valence-electron chi connectivity index (χ3n) is 3.41. The molecule has 0 aromatic heterocycles. The highest BCUT2D eigenvalue weighted by Crippen LogP contribution is 2.39. The number of nitrogens with zero attached hydrogens (tertiary/aromatic N) is 2. The zero-order chi connectivity index (χ0) is 9.47. The maximum absolute atomic E-state index is 8.90. The molecular weight excluding hydrogens is 160 g/mol. The molecule has 0 radical (unpaired) electrons. The van der Waals surface area contributed by atoms with Gasteiger partial charge in [0, 0.05) is 24.0 Å². The van der Waals surface area contributed by atoms with Crippen LogP contribution in [0.1, 0.15) is 39.5 Å². The summed E-state index contributed by atoms with van der Waals surface area (Å²) in [7, 11) is 0. The average Bonchev–Trinajstić information content (AvgIpc) is 2.85. The number of rotatable bonds is 1. The van der Waals surface area contributed by atoms with Crippen LogP contribution in [0.25, 0.3) is 0 Å². The Morgan fingerprint density at radius 2 is 2.00 bits per heavy atom. The van der Waals surface area contributed by atoms with E-state index in [1.54, 1.807) is 0 Å². The van der Waals surface area contributed by atoms with Gasteiger partial charge in [0.2, 0.25) is 0 Å². The van der Waals surface area contributed by atoms with Crippen LogP contribution in [-0.2, 0) is 0 Å². The SMILES string of the molecule is CC1(C)CC(C#N)CCN1C1CC1. The summed E-state index contributed by atoms with van der Waals surface area (Å²) in [6.07, 6.45) is 4.89. The van der Waals surface area contributed by atoms with E-state index in [1.165, 1.54) is 12.8 Å². The Balaban J connectivity index is 2.04. The first-order valence-corrected chi connectivity index (χ1v) is 5.30. The minimum Gasteiger partial charge on any atom is -0.295 e. The summed E-state index contributed by atoms with van der Waals surface area (Å²) in [6.45, 7) is 5.71. The highest BCUT2D eigenvalue weighted by Gasteiger charge is 2.42. The van der Waals surface area contributed by atoms with Gasteiger partial charge in [0.25, 0.3) is 0 Å². The molecule has 1 heterocycles. The maximum atomic E-state index is 8.90. The van der Waals surface area contributed by atoms with Crippen LogP contribution in [0.4, 0.5) is 0 Å². The van der Waals surface area contributed by atoms with Crippen LogP contribution in [0.15, 0.2) is 0 Å². The molecule has 2 heteroatoms. The zero-order valence-electron chi connectivity index (χ0n) is 8.58. The normalized spacial score (nSPS) is 34.1. The van der Waals surface area contributed by atoms with Crippen molar-refractivity contribution in [2.75, 3.05) is 6.54 Å². The van der Waals surface area contributed by atoms with Crippen LogP contribution in [0, 0.1) is 17.2 Å². The molecule has 1 aliphatic carbocycles. The molecule has 0 aromatic carbocycles. The number of hydrogen-bond donors (Lipinski definition) is 0. The number of hydrogen-bond acceptors (Lipinski definition) is 2. The summed E-state index contributed by atoms with van der Waals surface area (Å²) in [5.41, 5.74) is 0.264. The molecule has 1 saturated heterocycles. The van der Waals surface area contributed by atoms with Crippen LogP contribution in [0.2, 0.25) is 0 Å². The van der Waals surface area contributed by atoms with E-state index >= 15 is 0 Å². The van der Waals surface area contributed by atoms with Crippen LogP contribution >= 0.6 is 0 Å². The van der Waals surface area contributed by atoms with E-state index in [4.69, 9.17) is 5.26 Å². The molecule has 72 valence electrons. The summed E-state index contributed by atoms with van der Waals surface area (Å²) in [5, 5.41) is 8.90. The Kier molecular flexibility index (Phi) is 2.08. The van der Waals surface area contributed by atoms with Crippen molar-refractivity contribution >= 4 is 0 Å². The van der Waals surface area contributed by atoms with Gasteiger partial charge in [-0.25, -0.2) is 0 Å². The fourth-order valence-corrected chi connectivity index (χ4v) is 2.59. The summed E-state index contributed by atoms with van der Waals surface area (Å²) < 4.78 is 0. The summed E-state index contributed by atoms with van der Waals surface area (Å²) in [6, 6.07) is 3.25. The molecule has 13 heavy (non-hydrogen) atoms. The Morgan fingerprint density at radius 3 is 2.46 bits per heavy atom. The van der Waals surface area contributed by atoms with E-state index in [1.807, 2.05) is 0 Å². The van der Waals surface area contributed by atoms with Crippen molar-refractivity contribution in [2.45, 2.75) is 51.1 Å². The van der Waals surface area contributed by atoms with Crippen molar-refractivity contribution < 1.29 is 0 Å². The Hall–Kier alpha value is -0.550. The lowest BCUT2D eigenvalue weighted by molar-refractivity contribution is 0.0524. The molecule has 0 N–H and O–H groups in total. The first-order chi connectivity index (χ1) is 6.13. The molecule has 0 spiro atoms. The van der Waals surface area contributed by atoms with E-state index < -0.39 is 0 Å². The molecule has 2 aliphatic rings. The molecule has 0 aromatic rings. The largest absolute Gasteiger partial charge is 0.295 e. The van der Waals surface area contributed by atoms with Crippen molar-refractivity contribution in [3.05, 3.63) is 0 Å². The van der Waals surface area contributed by atoms with E-state index in [2.05, 4.69) is 24.8 Å². The summed E-state index contributed by atoms with van der Waals surface area (Å²) >= 11 is 0. The lowest BCUT2D eigenvalue weighted by Crippen LogP contribution is -2.50. The van der Waals surface area contributed by atoms with Gasteiger partial charge < -0.3 is 0 Å². The molecule has 0 bridgehead atoms. The Bertz CT molecular complexity index is 235. The van der Waals surface area contributed by atoms with Crippen LogP contribution in [0.5, 0.6) is 0 Å². The number of likely N-dealkylation sites (tertiary alicyclic amines) is 1. The van der Waals surface area contributed by atoms with Gasteiger partial charge >= 0.3 is 0 Å². The lowest BCUT2D eigenvalue weighted by atomic mass is 9.83. The number of nitriles is 1. The molecule has 1 atom stereocenters. The minimum atomic E-state index is 0.264. The lowest BCUT2D eigenvalue weighted by Gasteiger charge is -2.44. The first kappa shape index (κ1) is 9.02. The second-order valence-corrected chi connectivity index (χ2v) is 5.06. The smallest absolute Gasteiger partial charge is 0.0657 e. The van der Waals surface area contributed by atoms with E-state index in [0.717, 1.165) is 25.4 Å². The van der Waals surface area contributed by atoms with E-state index in [-0.39, 0.29) is 5.54 Å². The van der Waals surface area contributed by atoms with Crippen LogP contribution in [-0.4, -0.2) is 23.0 Å². The van der Waals surface area contributed by atoms with Crippen molar-refractivity contribution in [2.24, 2.45) is 5.92 Å². The zero-order valence-corrected chi connectivity index (χ0v) is 8.58. The molecule has 2 fully saturated rings. The maximum Gasteiger partial charge on any atom is 0.0657 e. The van der Waals surface area contributed by atoms with Gasteiger partial charge in [-0.1, -0.05) is 0 Å². The van der Waals surface area contributed by atoms with Crippen LogP contribution in [0.3, 0.4) is 0 Å². The number of piperidine rings is 1. The molecule has 2 nitrogen and oxygen atoms in total. The van der Waals surface area contributed by atoms with Crippen molar-refractivity contribution in [3.63, 3.8) is 0 Å². The molecular formula is C11H18N2. The third kappa shape index (κ3) is 1.71. The molecule has 0 amide bonds. The topological polar surface area (TPSA) is 27.0 Å². The predicted octanol–water partition coefficient (Wildman–Crippen LogP) is 2.16. The highest BCUT2D eigenvalue weighted by molar-refractivity contribution is 5.01. The van der Waals surface area contributed by atoms with E-state index in [0.29, 0.717) is 5.92 Å². The Morgan fingerprint density at radius 1 is 1.31 bits per heavy atom. The standard InChI is InChI=1S/C11H18N2/c1-11(2)7-9(8-12)5-6-13(11)10-3-4-10/h9-10H,3-7H2,1-2H3. The quantitative estimate of drug-likeness (QED) is 0.615. The van der Waals surface area contributed by atoms with Gasteiger partial charge in [0.15, 0.2) is 0 Å². The third-order valence-corrected chi connectivity index (χ3v) is 3.41. The second-order valence-electron chi connectivity index (χ2n) is 5.06. The average molecular weight is 178 g/mol. The fourth-order valence-electron chi connectivity index (χ4n) is 2.59. The van der Waals surface area contributed by atoms with Gasteiger partial charge in [-0.3, -0.25) is 4.90 Å². The molecule has 1 aliphatic heterocycles. The van der Waals surface area contributed by atoms with Crippen molar-refractivity contribution in [3.8, 4) is 6.07 Å². The van der Waals surface area contributed by atoms with Crippen molar-refractivity contribution in [1.82, 2.24) is 4.90 Å². The summed E-state index contributed by atoms with van der Waals surface area (Å²) in [4.78, 5) is 2.61. The van der Waals surface area contributed by atoms with E-state index in [9.17, 15) is 0 Å². The van der Waals surface area contributed by atoms with Gasteiger partial charge in [0.1, 0.15) is 0 Å². The van der Waals surface area contributed by atoms with Gasteiger partial charge in [-0.2, -0.15) is 5.26 Å². The second kappa shape index (κ2) is 2.99. The van der Waals surface area contributed by atoms with Gasteiger partial charge in [-0.15, -0.1) is 0 Å². The minimum absolute atomic E-state index is 0.264. The van der Waals surface area contributed by atoms with Gasteiger partial charge in [0.05, 0.1) is 6.07 Å². The predicted molar refractivity (Wildman–Crippen MR) is 52.1 cm³/mol. The van der Waals surface area contributed by atoms with Crippen LogP contribution < -0.4 is 0 Å². The Labute approximate surface area is 80.5 Å².